The Morgan fingerprint density at radius 3 is 2.61 bits per heavy atom. The number of rotatable bonds is 6. The van der Waals surface area contributed by atoms with E-state index < -0.39 is 0 Å². The number of amidine groups is 1. The van der Waals surface area contributed by atoms with E-state index >= 15 is 0 Å². The standard InChI is InChI=1S/C31H27N5OS/c1-21-18-24(22(2)36(21)29-14-8-9-16-32-29)19-28-30(37)35(31(38-28)34-25-10-4-3-5-11-25)17-15-23-20-33-27-13-7-6-12-26(23)27/h3-14,16,18-20,33H,15,17H2,1-2H3. The van der Waals surface area contributed by atoms with E-state index in [9.17, 15) is 4.79 Å². The molecule has 0 unspecified atom stereocenters. The van der Waals surface area contributed by atoms with Crippen LogP contribution in [0.1, 0.15) is 22.5 Å². The first kappa shape index (κ1) is 24.0. The predicted molar refractivity (Wildman–Crippen MR) is 156 cm³/mol. The molecule has 5 aromatic rings. The van der Waals surface area contributed by atoms with Crippen LogP contribution in [0, 0.1) is 13.8 Å². The number of aromatic amines is 1. The van der Waals surface area contributed by atoms with Crippen LogP contribution in [0.25, 0.3) is 22.8 Å². The summed E-state index contributed by atoms with van der Waals surface area (Å²) in [4.78, 5) is 28.9. The molecule has 0 aliphatic carbocycles. The number of thioether (sulfide) groups is 1. The van der Waals surface area contributed by atoms with E-state index in [-0.39, 0.29) is 5.91 Å². The van der Waals surface area contributed by atoms with Crippen molar-refractivity contribution < 1.29 is 4.79 Å². The summed E-state index contributed by atoms with van der Waals surface area (Å²) < 4.78 is 2.12. The smallest absolute Gasteiger partial charge is 0.266 e. The average Bonchev–Trinajstić information content (AvgIpc) is 3.57. The van der Waals surface area contributed by atoms with Gasteiger partial charge in [-0.3, -0.25) is 9.69 Å². The molecule has 188 valence electrons. The lowest BCUT2D eigenvalue weighted by atomic mass is 10.1. The lowest BCUT2D eigenvalue weighted by Crippen LogP contribution is -2.31. The highest BCUT2D eigenvalue weighted by Gasteiger charge is 2.33. The fourth-order valence-corrected chi connectivity index (χ4v) is 5.90. The maximum absolute atomic E-state index is 13.7. The number of para-hydroxylation sites is 2. The van der Waals surface area contributed by atoms with Gasteiger partial charge in [-0.25, -0.2) is 9.98 Å². The maximum Gasteiger partial charge on any atom is 0.266 e. The summed E-state index contributed by atoms with van der Waals surface area (Å²) in [6.45, 7) is 4.67. The highest BCUT2D eigenvalue weighted by atomic mass is 32.2. The second-order valence-electron chi connectivity index (χ2n) is 9.26. The number of aliphatic imine (C=N–C) groups is 1. The van der Waals surface area contributed by atoms with Crippen LogP contribution in [0.2, 0.25) is 0 Å². The van der Waals surface area contributed by atoms with Gasteiger partial charge in [-0.2, -0.15) is 0 Å². The van der Waals surface area contributed by atoms with Crippen LogP contribution in [-0.4, -0.2) is 37.1 Å². The normalized spacial score (nSPS) is 15.8. The number of carbonyl (C=O) groups excluding carboxylic acids is 1. The van der Waals surface area contributed by atoms with Crippen molar-refractivity contribution in [1.82, 2.24) is 19.4 Å². The van der Waals surface area contributed by atoms with E-state index in [0.29, 0.717) is 16.6 Å². The van der Waals surface area contributed by atoms with Gasteiger partial charge in [0.25, 0.3) is 5.91 Å². The first-order chi connectivity index (χ1) is 18.6. The highest BCUT2D eigenvalue weighted by molar-refractivity contribution is 8.18. The first-order valence-corrected chi connectivity index (χ1v) is 13.4. The number of pyridine rings is 1. The zero-order chi connectivity index (χ0) is 26.1. The molecular formula is C31H27N5OS. The van der Waals surface area contributed by atoms with E-state index in [2.05, 4.69) is 46.6 Å². The molecular weight excluding hydrogens is 490 g/mol. The Bertz CT molecular complexity index is 1680. The van der Waals surface area contributed by atoms with Crippen LogP contribution < -0.4 is 0 Å². The second kappa shape index (κ2) is 10.2. The first-order valence-electron chi connectivity index (χ1n) is 12.6. The van der Waals surface area contributed by atoms with E-state index in [1.54, 1.807) is 6.20 Å². The predicted octanol–water partition coefficient (Wildman–Crippen LogP) is 6.82. The number of fused-ring (bicyclic) bond motifs is 1. The molecule has 3 aromatic heterocycles. The minimum absolute atomic E-state index is 0.0211. The third kappa shape index (κ3) is 4.57. The Labute approximate surface area is 225 Å². The summed E-state index contributed by atoms with van der Waals surface area (Å²) in [6, 6.07) is 26.0. The second-order valence-corrected chi connectivity index (χ2v) is 10.3. The summed E-state index contributed by atoms with van der Waals surface area (Å²) in [6.07, 6.45) is 6.54. The summed E-state index contributed by atoms with van der Waals surface area (Å²) in [5.74, 6) is 0.844. The van der Waals surface area contributed by atoms with Gasteiger partial charge in [0.05, 0.1) is 10.6 Å². The molecule has 6 rings (SSSR count). The fourth-order valence-electron chi connectivity index (χ4n) is 4.89. The van der Waals surface area contributed by atoms with Gasteiger partial charge in [0.1, 0.15) is 5.82 Å². The molecule has 0 bridgehead atoms. The Morgan fingerprint density at radius 2 is 1.79 bits per heavy atom. The number of H-pyrrole nitrogens is 1. The number of aromatic nitrogens is 3. The zero-order valence-electron chi connectivity index (χ0n) is 21.3. The summed E-state index contributed by atoms with van der Waals surface area (Å²) >= 11 is 1.43. The Hall–Kier alpha value is -4.36. The molecule has 2 aromatic carbocycles. The number of nitrogens with zero attached hydrogens (tertiary/aromatic N) is 4. The number of hydrogen-bond donors (Lipinski definition) is 1. The molecule has 1 saturated heterocycles. The third-order valence-corrected chi connectivity index (χ3v) is 7.79. The highest BCUT2D eigenvalue weighted by Crippen LogP contribution is 2.35. The van der Waals surface area contributed by atoms with Crippen LogP contribution in [0.15, 0.2) is 101 Å². The van der Waals surface area contributed by atoms with Crippen LogP contribution in [0.4, 0.5) is 5.69 Å². The SMILES string of the molecule is Cc1cc(C=C2SC(=Nc3ccccc3)N(CCc3c[nH]c4ccccc34)C2=O)c(C)n1-c1ccccn1. The Balaban J connectivity index is 1.33. The van der Waals surface area contributed by atoms with Crippen molar-refractivity contribution in [2.75, 3.05) is 6.54 Å². The van der Waals surface area contributed by atoms with Gasteiger partial charge >= 0.3 is 0 Å². The van der Waals surface area contributed by atoms with Crippen LogP contribution >= 0.6 is 11.8 Å². The third-order valence-electron chi connectivity index (χ3n) is 6.78. The number of benzene rings is 2. The molecule has 7 heteroatoms. The molecule has 0 saturated carbocycles. The van der Waals surface area contributed by atoms with Crippen LogP contribution in [-0.2, 0) is 11.2 Å². The van der Waals surface area contributed by atoms with Gasteiger partial charge in [0.15, 0.2) is 5.17 Å². The number of carbonyl (C=O) groups is 1. The number of amides is 1. The largest absolute Gasteiger partial charge is 0.361 e. The average molecular weight is 518 g/mol. The van der Waals surface area contributed by atoms with Crippen molar-refractivity contribution in [3.05, 3.63) is 119 Å². The lowest BCUT2D eigenvalue weighted by molar-refractivity contribution is -0.122. The molecule has 0 radical (unpaired) electrons. The van der Waals surface area contributed by atoms with Crippen molar-refractivity contribution in [1.29, 1.82) is 0 Å². The number of aryl methyl sites for hydroxylation is 1. The van der Waals surface area contributed by atoms with Crippen LogP contribution in [0.3, 0.4) is 0 Å². The van der Waals surface area contributed by atoms with E-state index in [0.717, 1.165) is 40.4 Å². The molecule has 1 aliphatic rings. The molecule has 0 spiro atoms. The van der Waals surface area contributed by atoms with Crippen molar-refractivity contribution in [2.45, 2.75) is 20.3 Å². The van der Waals surface area contributed by atoms with Gasteiger partial charge in [-0.15, -0.1) is 0 Å². The van der Waals surface area contributed by atoms with E-state index in [4.69, 9.17) is 4.99 Å². The minimum Gasteiger partial charge on any atom is -0.361 e. The quantitative estimate of drug-likeness (QED) is 0.251. The van der Waals surface area contributed by atoms with Crippen molar-refractivity contribution in [2.24, 2.45) is 4.99 Å². The number of nitrogens with one attached hydrogen (secondary N) is 1. The molecule has 4 heterocycles. The summed E-state index contributed by atoms with van der Waals surface area (Å²) in [5, 5.41) is 1.89. The molecule has 1 fully saturated rings. The Morgan fingerprint density at radius 1 is 1.00 bits per heavy atom. The fraction of sp³-hybridized carbons (Fsp3) is 0.129. The van der Waals surface area contributed by atoms with Gasteiger partial charge in [0, 0.05) is 41.2 Å². The molecule has 0 atom stereocenters. The molecule has 38 heavy (non-hydrogen) atoms. The molecule has 1 N–H and O–H groups in total. The van der Waals surface area contributed by atoms with Crippen molar-refractivity contribution in [3.63, 3.8) is 0 Å². The van der Waals surface area contributed by atoms with Crippen molar-refractivity contribution in [3.8, 4) is 5.82 Å². The molecule has 1 amide bonds. The van der Waals surface area contributed by atoms with Gasteiger partial charge < -0.3 is 9.55 Å². The maximum atomic E-state index is 13.7. The molecule has 6 nitrogen and oxygen atoms in total. The zero-order valence-corrected chi connectivity index (χ0v) is 22.1. The lowest BCUT2D eigenvalue weighted by Gasteiger charge is -2.15. The van der Waals surface area contributed by atoms with E-state index in [1.165, 1.54) is 22.7 Å². The summed E-state index contributed by atoms with van der Waals surface area (Å²) in [5.41, 5.74) is 6.23. The topological polar surface area (TPSA) is 66.3 Å². The van der Waals surface area contributed by atoms with Crippen LogP contribution in [0.5, 0.6) is 0 Å². The number of hydrogen-bond acceptors (Lipinski definition) is 4. The van der Waals surface area contributed by atoms with E-state index in [1.807, 2.05) is 77.8 Å². The van der Waals surface area contributed by atoms with Gasteiger partial charge in [-0.05, 0) is 85.6 Å². The Kier molecular flexibility index (Phi) is 6.43. The van der Waals surface area contributed by atoms with Gasteiger partial charge in [-0.1, -0.05) is 42.5 Å². The summed E-state index contributed by atoms with van der Waals surface area (Å²) in [7, 11) is 0. The monoisotopic (exact) mass is 517 g/mol. The minimum atomic E-state index is -0.0211. The van der Waals surface area contributed by atoms with Gasteiger partial charge in [0.2, 0.25) is 0 Å². The molecule has 1 aliphatic heterocycles. The van der Waals surface area contributed by atoms with Crippen molar-refractivity contribution >= 4 is 45.5 Å².